The predicted octanol–water partition coefficient (Wildman–Crippen LogP) is 1.28. The summed E-state index contributed by atoms with van der Waals surface area (Å²) in [7, 11) is 0. The molecule has 0 fully saturated rings. The molecule has 0 heterocycles. The van der Waals surface area contributed by atoms with E-state index in [1.165, 1.54) is 0 Å². The zero-order chi connectivity index (χ0) is 4.28. The first-order valence-electron chi connectivity index (χ1n) is 1.64. The molecule has 0 aliphatic heterocycles. The Morgan fingerprint density at radius 3 is 1.80 bits per heavy atom. The van der Waals surface area contributed by atoms with E-state index in [-0.39, 0.29) is 0 Å². The fraction of sp³-hybridized carbons (Fsp3) is 1.00. The quantitative estimate of drug-likeness (QED) is 0.692. The second-order valence-electron chi connectivity index (χ2n) is 1.22. The van der Waals surface area contributed by atoms with Crippen molar-refractivity contribution in [2.45, 2.75) is 17.5 Å². The summed E-state index contributed by atoms with van der Waals surface area (Å²) < 4.78 is 7.57. The van der Waals surface area contributed by atoms with Gasteiger partial charge in [-0.3, -0.25) is 0 Å². The number of hydrogen-bond donors (Lipinski definition) is 1. The van der Waals surface area contributed by atoms with Gasteiger partial charge in [0.1, 0.15) is 0 Å². The maximum absolute atomic E-state index is 6.84. The van der Waals surface area contributed by atoms with Crippen molar-refractivity contribution in [2.75, 3.05) is 0 Å². The Kier molecular flexibility index (Phi) is 3.29. The Balaban J connectivity index is 2.83. The summed E-state index contributed by atoms with van der Waals surface area (Å²) in [6.45, 7) is 4.23. The molecule has 0 aromatic heterocycles. The van der Waals surface area contributed by atoms with E-state index in [9.17, 15) is 0 Å². The number of nitrogens with one attached hydrogen (secondary N) is 1. The minimum absolute atomic E-state index is 0.688. The predicted molar refractivity (Wildman–Crippen MR) is 23.6 cm³/mol. The second kappa shape index (κ2) is 2.90. The zero-order valence-electron chi connectivity index (χ0n) is 3.52. The Bertz CT molecular complexity index is 33.9. The van der Waals surface area contributed by atoms with Crippen LogP contribution in [0, 0.1) is 3.29 Å². The van der Waals surface area contributed by atoms with Gasteiger partial charge in [0, 0.05) is 0 Å². The third-order valence-corrected chi connectivity index (χ3v) is 2.27. The van der Waals surface area contributed by atoms with Crippen LogP contribution in [0.5, 0.6) is 0 Å². The van der Waals surface area contributed by atoms with Gasteiger partial charge in [-0.2, -0.15) is 0 Å². The molecule has 0 unspecified atom stereocenters. The Labute approximate surface area is 44.1 Å². The van der Waals surface area contributed by atoms with E-state index < -0.39 is 23.1 Å². The van der Waals surface area contributed by atoms with E-state index in [2.05, 4.69) is 13.8 Å². The molecule has 1 N–H and O–H groups in total. The van der Waals surface area contributed by atoms with Crippen LogP contribution in [0.3, 0.4) is 0 Å². The van der Waals surface area contributed by atoms with Gasteiger partial charge in [-0.1, -0.05) is 0 Å². The van der Waals surface area contributed by atoms with Crippen LogP contribution in [0.1, 0.15) is 13.8 Å². The van der Waals surface area contributed by atoms with Gasteiger partial charge in [-0.25, -0.2) is 0 Å². The van der Waals surface area contributed by atoms with Crippen LogP contribution in [0.4, 0.5) is 0 Å². The summed E-state index contributed by atoms with van der Waals surface area (Å²) in [5, 5.41) is 0. The van der Waals surface area contributed by atoms with Crippen LogP contribution in [0.15, 0.2) is 0 Å². The molecule has 0 radical (unpaired) electrons. The third-order valence-electron chi connectivity index (χ3n) is 0.258. The first-order chi connectivity index (χ1) is 2.27. The standard InChI is InChI=1S/C3H7.Bi.HN/c1-3-2;;/h3H,1-2H3;;1H. The van der Waals surface area contributed by atoms with Crippen LogP contribution < -0.4 is 0 Å². The molecule has 0 aliphatic rings. The fourth-order valence-corrected chi connectivity index (χ4v) is 0. The first kappa shape index (κ1) is 5.68. The summed E-state index contributed by atoms with van der Waals surface area (Å²) in [6.07, 6.45) is 0. The second-order valence-corrected chi connectivity index (χ2v) is 6.24. The Morgan fingerprint density at radius 1 is 1.60 bits per heavy atom. The molecule has 0 saturated heterocycles. The van der Waals surface area contributed by atoms with Crippen molar-refractivity contribution in [2.24, 2.45) is 0 Å². The minimum atomic E-state index is -0.688. The van der Waals surface area contributed by atoms with Gasteiger partial charge in [0.05, 0.1) is 0 Å². The number of rotatable bonds is 1. The summed E-state index contributed by atoms with van der Waals surface area (Å²) in [5.74, 6) is 0. The summed E-state index contributed by atoms with van der Waals surface area (Å²) in [5.41, 5.74) is 0. The van der Waals surface area contributed by atoms with Gasteiger partial charge in [0.25, 0.3) is 0 Å². The molecular weight excluding hydrogens is 259 g/mol. The third kappa shape index (κ3) is 4.68. The van der Waals surface area contributed by atoms with E-state index in [4.69, 9.17) is 3.29 Å². The van der Waals surface area contributed by atoms with Crippen molar-refractivity contribution in [1.82, 2.24) is 0 Å². The van der Waals surface area contributed by atoms with Gasteiger partial charge in [0.2, 0.25) is 0 Å². The van der Waals surface area contributed by atoms with E-state index in [1.54, 1.807) is 0 Å². The molecule has 0 aromatic carbocycles. The SMILES string of the molecule is C[CH](C)[Bi]=[NH]. The molecule has 1 nitrogen and oxygen atoms in total. The van der Waals surface area contributed by atoms with Gasteiger partial charge >= 0.3 is 43.8 Å². The van der Waals surface area contributed by atoms with Gasteiger partial charge in [0.15, 0.2) is 0 Å². The molecule has 0 spiro atoms. The van der Waals surface area contributed by atoms with Crippen LogP contribution >= 0.6 is 0 Å². The fourth-order valence-electron chi connectivity index (χ4n) is 0. The van der Waals surface area contributed by atoms with E-state index in [0.29, 0.717) is 0 Å². The van der Waals surface area contributed by atoms with E-state index >= 15 is 0 Å². The van der Waals surface area contributed by atoms with Crippen molar-refractivity contribution < 1.29 is 0 Å². The molecule has 0 rings (SSSR count). The Hall–Kier alpha value is 0.683. The average Bonchev–Trinajstić information content (AvgIpc) is 1.38. The molecule has 30 valence electrons. The first-order valence-corrected chi connectivity index (χ1v) is 5.38. The molecule has 2 heteroatoms. The molecule has 5 heavy (non-hydrogen) atoms. The topological polar surface area (TPSA) is 23.9 Å². The van der Waals surface area contributed by atoms with Crippen LogP contribution in [0.25, 0.3) is 0 Å². The van der Waals surface area contributed by atoms with Crippen molar-refractivity contribution in [1.29, 1.82) is 3.29 Å². The summed E-state index contributed by atoms with van der Waals surface area (Å²) in [6, 6.07) is 0. The maximum atomic E-state index is 6.84. The molecule has 0 bridgehead atoms. The molecule has 0 saturated carbocycles. The van der Waals surface area contributed by atoms with Crippen molar-refractivity contribution in [3.63, 3.8) is 0 Å². The van der Waals surface area contributed by atoms with Crippen LogP contribution in [-0.2, 0) is 0 Å². The van der Waals surface area contributed by atoms with Crippen molar-refractivity contribution >= 4 is 23.1 Å². The molecule has 0 amide bonds. The van der Waals surface area contributed by atoms with Crippen molar-refractivity contribution in [3.05, 3.63) is 0 Å². The van der Waals surface area contributed by atoms with Crippen molar-refractivity contribution in [3.8, 4) is 0 Å². The normalized spacial score (nSPS) is 8.60. The average molecular weight is 267 g/mol. The molecule has 0 atom stereocenters. The molecular formula is C3H8BiN. The number of hydrogen-bond acceptors (Lipinski definition) is 1. The Morgan fingerprint density at radius 2 is 1.80 bits per heavy atom. The zero-order valence-corrected chi connectivity index (χ0v) is 7.00. The molecule has 0 aliphatic carbocycles. The van der Waals surface area contributed by atoms with Gasteiger partial charge < -0.3 is 0 Å². The monoisotopic (exact) mass is 267 g/mol. The van der Waals surface area contributed by atoms with Crippen LogP contribution in [0.2, 0.25) is 3.63 Å². The van der Waals surface area contributed by atoms with Crippen LogP contribution in [-0.4, -0.2) is 23.1 Å². The summed E-state index contributed by atoms with van der Waals surface area (Å²) in [4.78, 5) is 0. The molecule has 0 aromatic rings. The van der Waals surface area contributed by atoms with E-state index in [0.717, 1.165) is 3.63 Å². The summed E-state index contributed by atoms with van der Waals surface area (Å²) >= 11 is -0.688. The van der Waals surface area contributed by atoms with Gasteiger partial charge in [-0.15, -0.1) is 0 Å². The van der Waals surface area contributed by atoms with Gasteiger partial charge in [-0.05, 0) is 0 Å². The van der Waals surface area contributed by atoms with E-state index in [1.807, 2.05) is 0 Å².